The fourth-order valence-electron chi connectivity index (χ4n) is 3.00. The fourth-order valence-corrected chi connectivity index (χ4v) is 6.10. The van der Waals surface area contributed by atoms with E-state index in [4.69, 9.17) is 9.47 Å². The van der Waals surface area contributed by atoms with Crippen LogP contribution in [0.5, 0.6) is 11.5 Å². The highest BCUT2D eigenvalue weighted by Crippen LogP contribution is 2.33. The molecule has 0 aromatic heterocycles. The molecular weight excluding hydrogens is 402 g/mol. The molecule has 150 valence electrons. The maximum Gasteiger partial charge on any atom is 0.247 e. The number of hydrogen-bond acceptors (Lipinski definition) is 6. The summed E-state index contributed by atoms with van der Waals surface area (Å²) in [4.78, 5) is -0.0515. The monoisotopic (exact) mass is 423 g/mol. The van der Waals surface area contributed by atoms with Gasteiger partial charge in [0.05, 0.1) is 26.0 Å². The van der Waals surface area contributed by atoms with Crippen LogP contribution in [0.3, 0.4) is 0 Å². The summed E-state index contributed by atoms with van der Waals surface area (Å²) < 4.78 is 62.4. The first-order valence-corrected chi connectivity index (χ1v) is 11.6. The quantitative estimate of drug-likeness (QED) is 0.678. The van der Waals surface area contributed by atoms with Crippen molar-refractivity contribution in [2.45, 2.75) is 17.5 Å². The van der Waals surface area contributed by atoms with Crippen molar-refractivity contribution in [3.05, 3.63) is 65.6 Å². The Morgan fingerprint density at radius 2 is 1.79 bits per heavy atom. The van der Waals surface area contributed by atoms with E-state index in [0.717, 1.165) is 11.0 Å². The fraction of sp³-hybridized carbons (Fsp3) is 0.263. The highest BCUT2D eigenvalue weighted by molar-refractivity contribution is 7.94. The minimum atomic E-state index is -4.06. The van der Waals surface area contributed by atoms with Crippen molar-refractivity contribution in [2.24, 2.45) is 0 Å². The number of sulfonamides is 1. The van der Waals surface area contributed by atoms with Gasteiger partial charge in [-0.3, -0.25) is 0 Å². The summed E-state index contributed by atoms with van der Waals surface area (Å²) in [5.74, 6) is 0.286. The minimum absolute atomic E-state index is 0.0306. The first kappa shape index (κ1) is 20.4. The Hall–Kier alpha value is -2.36. The van der Waals surface area contributed by atoms with Gasteiger partial charge in [-0.05, 0) is 17.7 Å². The summed E-state index contributed by atoms with van der Waals surface area (Å²) in [6, 6.07) is 12.6. The second-order valence-electron chi connectivity index (χ2n) is 6.28. The molecule has 0 saturated carbocycles. The van der Waals surface area contributed by atoms with Gasteiger partial charge >= 0.3 is 0 Å². The number of benzene rings is 2. The van der Waals surface area contributed by atoms with Gasteiger partial charge in [0.1, 0.15) is 16.4 Å². The summed E-state index contributed by atoms with van der Waals surface area (Å²) in [5, 5.41) is 1.07. The summed E-state index contributed by atoms with van der Waals surface area (Å²) in [5.41, 5.74) is 0.747. The lowest BCUT2D eigenvalue weighted by atomic mass is 10.2. The van der Waals surface area contributed by atoms with Crippen LogP contribution in [0.2, 0.25) is 0 Å². The van der Waals surface area contributed by atoms with Crippen molar-refractivity contribution in [3.63, 3.8) is 0 Å². The molecule has 7 nitrogen and oxygen atoms in total. The van der Waals surface area contributed by atoms with Crippen molar-refractivity contribution in [3.8, 4) is 11.5 Å². The van der Waals surface area contributed by atoms with Gasteiger partial charge in [-0.15, -0.1) is 0 Å². The highest BCUT2D eigenvalue weighted by atomic mass is 32.2. The molecule has 0 bridgehead atoms. The molecule has 1 atom stereocenters. The van der Waals surface area contributed by atoms with Gasteiger partial charge in [0, 0.05) is 18.0 Å². The molecule has 0 unspecified atom stereocenters. The Kier molecular flexibility index (Phi) is 5.78. The number of sulfone groups is 1. The van der Waals surface area contributed by atoms with Gasteiger partial charge in [-0.1, -0.05) is 36.4 Å². The lowest BCUT2D eigenvalue weighted by molar-refractivity contribution is 0.363. The number of nitrogens with zero attached hydrogens (tertiary/aromatic N) is 1. The third-order valence-corrected chi connectivity index (χ3v) is 7.71. The van der Waals surface area contributed by atoms with Crippen molar-refractivity contribution in [2.75, 3.05) is 20.0 Å². The van der Waals surface area contributed by atoms with Crippen LogP contribution < -0.4 is 9.47 Å². The Morgan fingerprint density at radius 1 is 1.07 bits per heavy atom. The number of methoxy groups -OCH3 is 2. The summed E-state index contributed by atoms with van der Waals surface area (Å²) in [6.07, 6.45) is 1.41. The molecule has 0 radical (unpaired) electrons. The van der Waals surface area contributed by atoms with Gasteiger partial charge in [0.2, 0.25) is 10.0 Å². The Morgan fingerprint density at radius 3 is 2.36 bits per heavy atom. The first-order valence-electron chi connectivity index (χ1n) is 8.45. The molecule has 2 aromatic carbocycles. The van der Waals surface area contributed by atoms with Crippen molar-refractivity contribution in [1.29, 1.82) is 0 Å². The van der Waals surface area contributed by atoms with Crippen LogP contribution in [0.15, 0.2) is 64.9 Å². The summed E-state index contributed by atoms with van der Waals surface area (Å²) >= 11 is 0. The average Bonchev–Trinajstić information content (AvgIpc) is 3.05. The zero-order valence-electron chi connectivity index (χ0n) is 15.5. The Labute approximate surface area is 165 Å². The van der Waals surface area contributed by atoms with E-state index >= 15 is 0 Å². The standard InChI is InChI=1S/C19H21NO6S2/c1-25-17-8-9-19(18(12-17)26-2)28(23,24)20(13-15-6-4-3-5-7-15)16-10-11-27(21,22)14-16/h3-12,16H,13-14H2,1-2H3/t16-/m0/s1. The SMILES string of the molecule is COc1ccc(S(=O)(=O)N(Cc2ccccc2)[C@H]2C=CS(=O)(=O)C2)c(OC)c1. The molecule has 2 aromatic rings. The first-order chi connectivity index (χ1) is 13.3. The van der Waals surface area contributed by atoms with E-state index in [1.165, 1.54) is 42.8 Å². The van der Waals surface area contributed by atoms with E-state index in [1.54, 1.807) is 24.3 Å². The normalized spacial score (nSPS) is 18.3. The summed E-state index contributed by atoms with van der Waals surface area (Å²) in [7, 11) is -4.66. The molecule has 1 aliphatic heterocycles. The number of hydrogen-bond donors (Lipinski definition) is 0. The van der Waals surface area contributed by atoms with Crippen molar-refractivity contribution in [1.82, 2.24) is 4.31 Å². The topological polar surface area (TPSA) is 90.0 Å². The van der Waals surface area contributed by atoms with E-state index < -0.39 is 25.9 Å². The summed E-state index contributed by atoms with van der Waals surface area (Å²) in [6.45, 7) is 0.0306. The van der Waals surface area contributed by atoms with E-state index in [-0.39, 0.29) is 22.9 Å². The zero-order valence-corrected chi connectivity index (χ0v) is 17.1. The van der Waals surface area contributed by atoms with Crippen LogP contribution in [-0.4, -0.2) is 47.2 Å². The Balaban J connectivity index is 2.07. The molecule has 1 heterocycles. The van der Waals surface area contributed by atoms with Gasteiger partial charge < -0.3 is 9.47 Å². The van der Waals surface area contributed by atoms with Crippen LogP contribution in [0.1, 0.15) is 5.56 Å². The van der Waals surface area contributed by atoms with Crippen molar-refractivity contribution >= 4 is 19.9 Å². The third-order valence-electron chi connectivity index (χ3n) is 4.42. The molecule has 0 saturated heterocycles. The highest BCUT2D eigenvalue weighted by Gasteiger charge is 2.37. The molecule has 3 rings (SSSR count). The maximum absolute atomic E-state index is 13.5. The van der Waals surface area contributed by atoms with Gasteiger partial charge in [0.25, 0.3) is 0 Å². The van der Waals surface area contributed by atoms with Crippen LogP contribution in [0, 0.1) is 0 Å². The molecule has 9 heteroatoms. The molecule has 0 aliphatic carbocycles. The van der Waals surface area contributed by atoms with Crippen LogP contribution in [0.25, 0.3) is 0 Å². The largest absolute Gasteiger partial charge is 0.497 e. The average molecular weight is 424 g/mol. The number of rotatable bonds is 7. The number of ether oxygens (including phenoxy) is 2. The van der Waals surface area contributed by atoms with Crippen LogP contribution in [-0.2, 0) is 26.4 Å². The van der Waals surface area contributed by atoms with Crippen LogP contribution in [0.4, 0.5) is 0 Å². The van der Waals surface area contributed by atoms with Gasteiger partial charge in [-0.25, -0.2) is 16.8 Å². The lowest BCUT2D eigenvalue weighted by Gasteiger charge is -2.27. The van der Waals surface area contributed by atoms with E-state index in [0.29, 0.717) is 5.75 Å². The Bertz CT molecular complexity index is 1080. The molecular formula is C19H21NO6S2. The second-order valence-corrected chi connectivity index (χ2v) is 10.1. The van der Waals surface area contributed by atoms with E-state index in [1.807, 2.05) is 6.07 Å². The van der Waals surface area contributed by atoms with Crippen molar-refractivity contribution < 1.29 is 26.3 Å². The zero-order chi connectivity index (χ0) is 20.4. The molecule has 1 aliphatic rings. The van der Waals surface area contributed by atoms with E-state index in [9.17, 15) is 16.8 Å². The second kappa shape index (κ2) is 7.94. The maximum atomic E-state index is 13.5. The molecule has 0 spiro atoms. The third kappa shape index (κ3) is 4.21. The van der Waals surface area contributed by atoms with Gasteiger partial charge in [0.15, 0.2) is 9.84 Å². The predicted octanol–water partition coefficient (Wildman–Crippen LogP) is 2.21. The lowest BCUT2D eigenvalue weighted by Crippen LogP contribution is -2.40. The minimum Gasteiger partial charge on any atom is -0.497 e. The molecule has 0 fully saturated rings. The smallest absolute Gasteiger partial charge is 0.247 e. The van der Waals surface area contributed by atoms with Gasteiger partial charge in [-0.2, -0.15) is 4.31 Å². The molecule has 28 heavy (non-hydrogen) atoms. The van der Waals surface area contributed by atoms with Crippen LogP contribution >= 0.6 is 0 Å². The van der Waals surface area contributed by atoms with E-state index in [2.05, 4.69) is 0 Å². The molecule has 0 N–H and O–H groups in total. The molecule has 0 amide bonds. The predicted molar refractivity (Wildman–Crippen MR) is 105 cm³/mol.